The number of H-pyrrole nitrogens is 2. The molecule has 3 aromatic rings. The second-order valence-electron chi connectivity index (χ2n) is 8.92. The summed E-state index contributed by atoms with van der Waals surface area (Å²) in [7, 11) is 0. The molecular weight excluding hydrogens is 602 g/mol. The number of nitrogens with zero attached hydrogens (tertiary/aromatic N) is 1. The van der Waals surface area contributed by atoms with Gasteiger partial charge in [-0.1, -0.05) is 12.1 Å². The van der Waals surface area contributed by atoms with E-state index >= 15 is 0 Å². The average Bonchev–Trinajstić information content (AvgIpc) is 3.30. The van der Waals surface area contributed by atoms with Crippen LogP contribution in [0.15, 0.2) is 35.3 Å². The molecule has 0 radical (unpaired) electrons. The number of carboxylic acid groups (broad SMARTS) is 3. The summed E-state index contributed by atoms with van der Waals surface area (Å²) in [6.45, 7) is 0. The molecule has 0 aliphatic rings. The van der Waals surface area contributed by atoms with E-state index < -0.39 is 67.5 Å². The molecule has 0 saturated heterocycles. The van der Waals surface area contributed by atoms with Gasteiger partial charge in [0.2, 0.25) is 11.9 Å². The van der Waals surface area contributed by atoms with Gasteiger partial charge in [0, 0.05) is 24.2 Å². The van der Waals surface area contributed by atoms with Gasteiger partial charge in [-0.15, -0.1) is 0 Å². The topological polar surface area (TPSA) is 266 Å². The van der Waals surface area contributed by atoms with Crippen molar-refractivity contribution in [3.63, 3.8) is 0 Å². The predicted octanol–water partition coefficient (Wildman–Crippen LogP) is -13.0. The molecule has 2 heterocycles. The van der Waals surface area contributed by atoms with E-state index in [0.29, 0.717) is 23.9 Å². The minimum Gasteiger partial charge on any atom is -0.550 e. The van der Waals surface area contributed by atoms with Crippen LogP contribution in [0.2, 0.25) is 0 Å². The van der Waals surface area contributed by atoms with Gasteiger partial charge in [-0.2, -0.15) is 4.98 Å². The van der Waals surface area contributed by atoms with Gasteiger partial charge in [-0.05, 0) is 55.4 Å². The Labute approximate surface area is 311 Å². The summed E-state index contributed by atoms with van der Waals surface area (Å²) in [4.78, 5) is 79.3. The Morgan fingerprint density at radius 2 is 1.44 bits per heavy atom. The standard InChI is InChI=1S/C25H28N6O9.3Na/c26-25-30-20-19(22(36)31-25)14(11-27-20)6-3-12-1-4-13(5-2-12)21(35)29-16(24(39)40)7-9-17(32)28-15(23(37)38)8-10-18(33)34;;;/h1-2,4-5,11,15-16H,3,6-10H2,(H,28,32)(H,29,35)(H,33,34)(H,37,38)(H,39,40)(H4,26,27,30,31,36);;;/q;3*+1/p-3/t15?,16-;;;/m0.../s1/i8+1,10+1,15+1,18+1,23+1;;;. The van der Waals surface area contributed by atoms with Crippen molar-refractivity contribution < 1.29 is 128 Å². The molecule has 212 valence electrons. The minimum atomic E-state index is -1.71. The number of nitrogens with two attached hydrogens (primary N) is 1. The number of nitrogen functional groups attached to an aromatic ring is 1. The minimum absolute atomic E-state index is 0. The molecule has 2 atom stereocenters. The summed E-state index contributed by atoms with van der Waals surface area (Å²) < 4.78 is 0. The van der Waals surface area contributed by atoms with Crippen LogP contribution in [0, 0.1) is 0 Å². The van der Waals surface area contributed by atoms with Gasteiger partial charge in [0.15, 0.2) is 0 Å². The molecule has 15 nitrogen and oxygen atoms in total. The zero-order chi connectivity index (χ0) is 29.4. The fourth-order valence-corrected chi connectivity index (χ4v) is 3.96. The van der Waals surface area contributed by atoms with Gasteiger partial charge in [0.1, 0.15) is 5.65 Å². The summed E-state index contributed by atoms with van der Waals surface area (Å²) in [5.74, 6) is -6.50. The number of hydrogen-bond donors (Lipinski definition) is 5. The first-order chi connectivity index (χ1) is 18.9. The quantitative estimate of drug-likeness (QED) is 0.0827. The van der Waals surface area contributed by atoms with Crippen LogP contribution in [-0.2, 0) is 32.0 Å². The maximum Gasteiger partial charge on any atom is 1.00 e. The maximum atomic E-state index is 12.6. The Kier molecular flexibility index (Phi) is 18.2. The van der Waals surface area contributed by atoms with Crippen LogP contribution in [-0.4, -0.2) is 56.8 Å². The van der Waals surface area contributed by atoms with Gasteiger partial charge in [0.25, 0.3) is 11.5 Å². The van der Waals surface area contributed by atoms with E-state index in [-0.39, 0.29) is 106 Å². The molecule has 0 fully saturated rings. The maximum absolute atomic E-state index is 12.6. The van der Waals surface area contributed by atoms with Crippen LogP contribution in [0.4, 0.5) is 5.95 Å². The van der Waals surface area contributed by atoms with E-state index in [0.717, 1.165) is 11.1 Å². The fraction of sp³-hybridized carbons (Fsp3) is 0.320. The number of aryl methyl sites for hydroxylation is 2. The number of hydrogen-bond acceptors (Lipinski definition) is 11. The molecule has 18 heteroatoms. The van der Waals surface area contributed by atoms with Gasteiger partial charge in [0.05, 0.1) is 29.4 Å². The third-order valence-corrected chi connectivity index (χ3v) is 6.05. The Morgan fingerprint density at radius 3 is 2.02 bits per heavy atom. The zero-order valence-corrected chi connectivity index (χ0v) is 30.0. The van der Waals surface area contributed by atoms with Crippen LogP contribution >= 0.6 is 0 Å². The number of anilines is 1. The summed E-state index contributed by atoms with van der Waals surface area (Å²) in [5.41, 5.74) is 7.27. The number of aromatic amines is 2. The first kappa shape index (κ1) is 40.8. The number of amides is 2. The van der Waals surface area contributed by atoms with E-state index in [1.165, 1.54) is 12.1 Å². The number of carbonyl (C=O) groups excluding carboxylic acids is 5. The summed E-state index contributed by atoms with van der Waals surface area (Å²) in [6, 6.07) is 3.12. The third-order valence-electron chi connectivity index (χ3n) is 6.05. The van der Waals surface area contributed by atoms with Crippen molar-refractivity contribution in [1.29, 1.82) is 0 Å². The van der Waals surface area contributed by atoms with E-state index in [4.69, 9.17) is 5.73 Å². The second-order valence-corrected chi connectivity index (χ2v) is 8.92. The van der Waals surface area contributed by atoms with Crippen LogP contribution in [0.5, 0.6) is 0 Å². The molecule has 2 amide bonds. The molecular formula is C25H25N6Na3O9. The number of benzene rings is 1. The van der Waals surface area contributed by atoms with Gasteiger partial charge in [-0.25, -0.2) is 0 Å². The van der Waals surface area contributed by atoms with Crippen LogP contribution in [0.3, 0.4) is 0 Å². The monoisotopic (exact) mass is 627 g/mol. The number of carbonyl (C=O) groups is 5. The van der Waals surface area contributed by atoms with E-state index in [1.807, 2.05) is 5.32 Å². The molecule has 0 aliphatic heterocycles. The zero-order valence-electron chi connectivity index (χ0n) is 24.0. The van der Waals surface area contributed by atoms with Gasteiger partial charge < -0.3 is 51.1 Å². The first-order valence-corrected chi connectivity index (χ1v) is 12.1. The first-order valence-electron chi connectivity index (χ1n) is 12.1. The predicted molar refractivity (Wildman–Crippen MR) is 132 cm³/mol. The van der Waals surface area contributed by atoms with Crippen molar-refractivity contribution in [3.8, 4) is 0 Å². The molecule has 0 aliphatic carbocycles. The molecule has 1 unspecified atom stereocenters. The van der Waals surface area contributed by atoms with Crippen molar-refractivity contribution in [2.24, 2.45) is 0 Å². The molecule has 0 saturated carbocycles. The number of carboxylic acids is 3. The molecule has 6 N–H and O–H groups in total. The Balaban J connectivity index is 0.00000588. The molecule has 1 aromatic carbocycles. The average molecular weight is 627 g/mol. The van der Waals surface area contributed by atoms with E-state index in [2.05, 4.69) is 20.3 Å². The van der Waals surface area contributed by atoms with Gasteiger partial charge >= 0.3 is 88.7 Å². The fourth-order valence-electron chi connectivity index (χ4n) is 3.96. The van der Waals surface area contributed by atoms with Crippen molar-refractivity contribution >= 4 is 46.7 Å². The molecule has 0 spiro atoms. The Morgan fingerprint density at radius 1 is 0.860 bits per heavy atom. The summed E-state index contributed by atoms with van der Waals surface area (Å²) >= 11 is 0. The number of fused-ring (bicyclic) bond motifs is 1. The van der Waals surface area contributed by atoms with Crippen LogP contribution in [0.25, 0.3) is 11.0 Å². The second kappa shape index (κ2) is 19.2. The number of aromatic nitrogens is 3. The normalized spacial score (nSPS) is 11.5. The number of rotatable bonds is 14. The SMILES string of the molecule is Nc1nc2[nH]cc(CCc3ccc(C(=O)N[C@@H](CCC(=O)N[13CH]([13CH2][13CH2][13C](=O)[O-])[13C](=O)[O-])C(=O)[O-])cc3)c2c(=O)[nH]1.[Na+].[Na+].[Na+]. The summed E-state index contributed by atoms with van der Waals surface area (Å²) in [5, 5.41) is 37.8. The number of nitrogens with one attached hydrogen (secondary N) is 4. The van der Waals surface area contributed by atoms with Crippen LogP contribution in [0.1, 0.15) is 47.2 Å². The molecule has 3 rings (SSSR count). The van der Waals surface area contributed by atoms with Crippen molar-refractivity contribution in [1.82, 2.24) is 25.6 Å². The van der Waals surface area contributed by atoms with Gasteiger partial charge in [-0.3, -0.25) is 19.4 Å². The smallest absolute Gasteiger partial charge is 0.550 e. The summed E-state index contributed by atoms with van der Waals surface area (Å²) in [6.07, 6.45) is 0.659. The largest absolute Gasteiger partial charge is 1.00 e. The Bertz CT molecular complexity index is 1490. The molecule has 2 aromatic heterocycles. The Hall–Kier alpha value is -2.21. The number of aliphatic carboxylic acids is 3. The molecule has 0 bridgehead atoms. The van der Waals surface area contributed by atoms with Crippen molar-refractivity contribution in [3.05, 3.63) is 57.5 Å². The molecule has 43 heavy (non-hydrogen) atoms. The van der Waals surface area contributed by atoms with E-state index in [9.17, 15) is 44.1 Å². The van der Waals surface area contributed by atoms with Crippen molar-refractivity contribution in [2.45, 2.75) is 50.6 Å². The van der Waals surface area contributed by atoms with Crippen LogP contribution < -0.4 is 126 Å². The van der Waals surface area contributed by atoms with Crippen molar-refractivity contribution in [2.75, 3.05) is 5.73 Å². The third kappa shape index (κ3) is 12.4. The van der Waals surface area contributed by atoms with E-state index in [1.54, 1.807) is 18.3 Å².